The van der Waals surface area contributed by atoms with E-state index in [0.717, 1.165) is 7.05 Å². The lowest BCUT2D eigenvalue weighted by Gasteiger charge is -2.22. The molecule has 0 rings (SSSR count). The fraction of sp³-hybridized carbons (Fsp3) is 0.889. The summed E-state index contributed by atoms with van der Waals surface area (Å²) in [5.41, 5.74) is 5.46. The molecule has 0 aliphatic heterocycles. The molecule has 2 N–H and O–H groups in total. The Morgan fingerprint density at radius 3 is 2.50 bits per heavy atom. The van der Waals surface area contributed by atoms with Crippen LogP contribution in [0.5, 0.6) is 0 Å². The second-order valence-corrected chi connectivity index (χ2v) is 3.55. The minimum atomic E-state index is -4.39. The van der Waals surface area contributed by atoms with Crippen molar-refractivity contribution in [3.63, 3.8) is 0 Å². The number of rotatable bonds is 6. The van der Waals surface area contributed by atoms with Crippen LogP contribution in [0, 0.1) is 0 Å². The summed E-state index contributed by atoms with van der Waals surface area (Å²) in [4.78, 5) is 12.0. The molecule has 0 aliphatic carbocycles. The third kappa shape index (κ3) is 6.62. The molecule has 0 bridgehead atoms. The van der Waals surface area contributed by atoms with E-state index < -0.39 is 24.7 Å². The monoisotopic (exact) mass is 242 g/mol. The van der Waals surface area contributed by atoms with Crippen molar-refractivity contribution in [1.82, 2.24) is 4.90 Å². The van der Waals surface area contributed by atoms with Crippen LogP contribution in [-0.2, 0) is 9.53 Å². The Hall–Kier alpha value is -0.820. The van der Waals surface area contributed by atoms with Gasteiger partial charge in [-0.25, -0.2) is 0 Å². The van der Waals surface area contributed by atoms with Gasteiger partial charge in [0, 0.05) is 20.8 Å². The molecule has 0 spiro atoms. The molecule has 0 fully saturated rings. The van der Waals surface area contributed by atoms with Crippen LogP contribution in [0.1, 0.15) is 12.8 Å². The topological polar surface area (TPSA) is 55.6 Å². The number of amides is 1. The maximum atomic E-state index is 12.0. The number of methoxy groups -OCH3 is 1. The van der Waals surface area contributed by atoms with Gasteiger partial charge in [-0.15, -0.1) is 0 Å². The van der Waals surface area contributed by atoms with Gasteiger partial charge in [0.2, 0.25) is 5.91 Å². The predicted molar refractivity (Wildman–Crippen MR) is 52.8 cm³/mol. The summed E-state index contributed by atoms with van der Waals surface area (Å²) in [5.74, 6) is -0.701. The van der Waals surface area contributed by atoms with E-state index in [2.05, 4.69) is 0 Å². The highest BCUT2D eigenvalue weighted by atomic mass is 19.4. The van der Waals surface area contributed by atoms with E-state index in [4.69, 9.17) is 10.5 Å². The Morgan fingerprint density at radius 2 is 2.06 bits per heavy atom. The molecule has 0 saturated heterocycles. The van der Waals surface area contributed by atoms with Gasteiger partial charge in [0.05, 0.1) is 6.04 Å². The van der Waals surface area contributed by atoms with Crippen LogP contribution in [0.3, 0.4) is 0 Å². The van der Waals surface area contributed by atoms with E-state index in [-0.39, 0.29) is 0 Å². The van der Waals surface area contributed by atoms with Crippen LogP contribution in [0.2, 0.25) is 0 Å². The first kappa shape index (κ1) is 15.2. The molecular weight excluding hydrogens is 225 g/mol. The number of nitrogens with two attached hydrogens (primary N) is 1. The van der Waals surface area contributed by atoms with E-state index in [0.29, 0.717) is 24.3 Å². The van der Waals surface area contributed by atoms with Crippen LogP contribution in [0.25, 0.3) is 0 Å². The fourth-order valence-electron chi connectivity index (χ4n) is 1.20. The summed E-state index contributed by atoms with van der Waals surface area (Å²) in [6.07, 6.45) is -3.53. The first-order valence-corrected chi connectivity index (χ1v) is 4.84. The first-order chi connectivity index (χ1) is 7.28. The normalized spacial score (nSPS) is 13.6. The summed E-state index contributed by atoms with van der Waals surface area (Å²) in [6.45, 7) is -0.840. The van der Waals surface area contributed by atoms with Gasteiger partial charge in [-0.2, -0.15) is 13.2 Å². The molecule has 0 heterocycles. The summed E-state index contributed by atoms with van der Waals surface area (Å²) >= 11 is 0. The van der Waals surface area contributed by atoms with Crippen molar-refractivity contribution in [2.24, 2.45) is 5.73 Å². The quantitative estimate of drug-likeness (QED) is 0.700. The molecule has 1 atom stereocenters. The number of carbonyl (C=O) groups excluding carboxylic acids is 1. The maximum absolute atomic E-state index is 12.0. The highest BCUT2D eigenvalue weighted by Crippen LogP contribution is 2.16. The second-order valence-electron chi connectivity index (χ2n) is 3.55. The van der Waals surface area contributed by atoms with E-state index in [1.54, 1.807) is 0 Å². The molecule has 7 heteroatoms. The number of carbonyl (C=O) groups is 1. The van der Waals surface area contributed by atoms with Gasteiger partial charge >= 0.3 is 6.18 Å². The van der Waals surface area contributed by atoms with Crippen LogP contribution in [0.4, 0.5) is 13.2 Å². The lowest BCUT2D eigenvalue weighted by atomic mass is 10.1. The van der Waals surface area contributed by atoms with Gasteiger partial charge in [0.1, 0.15) is 6.54 Å². The SMILES string of the molecule is COCCCC(N)C(=O)N(C)CC(F)(F)F. The molecule has 1 amide bonds. The number of alkyl halides is 3. The van der Waals surface area contributed by atoms with E-state index in [1.165, 1.54) is 7.11 Å². The number of hydrogen-bond donors (Lipinski definition) is 1. The van der Waals surface area contributed by atoms with Gasteiger partial charge in [-0.3, -0.25) is 4.79 Å². The van der Waals surface area contributed by atoms with Crippen molar-refractivity contribution in [2.45, 2.75) is 25.1 Å². The van der Waals surface area contributed by atoms with Gasteiger partial charge in [0.15, 0.2) is 0 Å². The average Bonchev–Trinajstić information content (AvgIpc) is 2.14. The number of ether oxygens (including phenoxy) is 1. The Labute approximate surface area is 92.5 Å². The Bertz CT molecular complexity index is 221. The Kier molecular flexibility index (Phi) is 6.35. The van der Waals surface area contributed by atoms with Crippen molar-refractivity contribution in [3.05, 3.63) is 0 Å². The third-order valence-corrected chi connectivity index (χ3v) is 1.97. The Morgan fingerprint density at radius 1 is 1.50 bits per heavy atom. The van der Waals surface area contributed by atoms with Crippen LogP contribution in [0.15, 0.2) is 0 Å². The van der Waals surface area contributed by atoms with E-state index in [1.807, 2.05) is 0 Å². The zero-order chi connectivity index (χ0) is 12.8. The van der Waals surface area contributed by atoms with Crippen molar-refractivity contribution in [2.75, 3.05) is 27.3 Å². The number of likely N-dealkylation sites (N-methyl/N-ethyl adjacent to an activating group) is 1. The van der Waals surface area contributed by atoms with Gasteiger partial charge in [-0.1, -0.05) is 0 Å². The highest BCUT2D eigenvalue weighted by molar-refractivity contribution is 5.81. The number of halogens is 3. The van der Waals surface area contributed by atoms with Gasteiger partial charge in [0.25, 0.3) is 0 Å². The molecule has 1 unspecified atom stereocenters. The lowest BCUT2D eigenvalue weighted by Crippen LogP contribution is -2.45. The van der Waals surface area contributed by atoms with E-state index >= 15 is 0 Å². The largest absolute Gasteiger partial charge is 0.406 e. The molecule has 4 nitrogen and oxygen atoms in total. The summed E-state index contributed by atoms with van der Waals surface area (Å²) in [7, 11) is 2.59. The average molecular weight is 242 g/mol. The standard InChI is InChI=1S/C9H17F3N2O2/c1-14(6-9(10,11)12)8(15)7(13)4-3-5-16-2/h7H,3-6,13H2,1-2H3. The summed E-state index contributed by atoms with van der Waals surface area (Å²) in [5, 5.41) is 0. The van der Waals surface area contributed by atoms with Crippen molar-refractivity contribution < 1.29 is 22.7 Å². The smallest absolute Gasteiger partial charge is 0.385 e. The molecule has 16 heavy (non-hydrogen) atoms. The highest BCUT2D eigenvalue weighted by Gasteiger charge is 2.32. The first-order valence-electron chi connectivity index (χ1n) is 4.84. The van der Waals surface area contributed by atoms with Crippen molar-refractivity contribution >= 4 is 5.91 Å². The minimum absolute atomic E-state index is 0.314. The fourth-order valence-corrected chi connectivity index (χ4v) is 1.20. The van der Waals surface area contributed by atoms with Crippen LogP contribution < -0.4 is 5.73 Å². The minimum Gasteiger partial charge on any atom is -0.385 e. The third-order valence-electron chi connectivity index (χ3n) is 1.97. The lowest BCUT2D eigenvalue weighted by molar-refractivity contribution is -0.159. The molecule has 0 aromatic carbocycles. The number of nitrogens with zero attached hydrogens (tertiary/aromatic N) is 1. The summed E-state index contributed by atoms with van der Waals surface area (Å²) < 4.78 is 40.7. The zero-order valence-electron chi connectivity index (χ0n) is 9.38. The molecule has 0 radical (unpaired) electrons. The summed E-state index contributed by atoms with van der Waals surface area (Å²) in [6, 6.07) is -0.900. The maximum Gasteiger partial charge on any atom is 0.406 e. The number of hydrogen-bond acceptors (Lipinski definition) is 3. The second kappa shape index (κ2) is 6.70. The van der Waals surface area contributed by atoms with Crippen molar-refractivity contribution in [1.29, 1.82) is 0 Å². The predicted octanol–water partition coefficient (Wildman–Crippen LogP) is 0.761. The molecule has 0 saturated carbocycles. The van der Waals surface area contributed by atoms with Crippen LogP contribution in [-0.4, -0.2) is 50.3 Å². The van der Waals surface area contributed by atoms with Gasteiger partial charge < -0.3 is 15.4 Å². The molecule has 0 aromatic rings. The van der Waals surface area contributed by atoms with Gasteiger partial charge in [-0.05, 0) is 12.8 Å². The zero-order valence-corrected chi connectivity index (χ0v) is 9.38. The van der Waals surface area contributed by atoms with Crippen LogP contribution >= 0.6 is 0 Å². The van der Waals surface area contributed by atoms with Crippen molar-refractivity contribution in [3.8, 4) is 0 Å². The molecule has 0 aromatic heterocycles. The molecular formula is C9H17F3N2O2. The van der Waals surface area contributed by atoms with E-state index in [9.17, 15) is 18.0 Å². The molecule has 0 aliphatic rings. The molecule has 96 valence electrons. The Balaban J connectivity index is 4.02.